The molecule has 7 heteroatoms. The predicted octanol–water partition coefficient (Wildman–Crippen LogP) is 2.24. The van der Waals surface area contributed by atoms with Gasteiger partial charge < -0.3 is 14.8 Å². The highest BCUT2D eigenvalue weighted by molar-refractivity contribution is 5.92. The lowest BCUT2D eigenvalue weighted by atomic mass is 10.1. The highest BCUT2D eigenvalue weighted by Crippen LogP contribution is 2.23. The first-order valence-electron chi connectivity index (χ1n) is 6.45. The number of benzene rings is 1. The van der Waals surface area contributed by atoms with Crippen molar-refractivity contribution >= 4 is 17.6 Å². The van der Waals surface area contributed by atoms with Crippen LogP contribution in [-0.4, -0.2) is 27.2 Å². The van der Waals surface area contributed by atoms with Crippen molar-refractivity contribution in [2.75, 3.05) is 5.32 Å². The fourth-order valence-electron chi connectivity index (χ4n) is 1.85. The molecular formula is C14H15N3O4. The largest absolute Gasteiger partial charge is 0.481 e. The van der Waals surface area contributed by atoms with E-state index in [0.29, 0.717) is 18.0 Å². The zero-order valence-corrected chi connectivity index (χ0v) is 11.5. The summed E-state index contributed by atoms with van der Waals surface area (Å²) in [6, 6.07) is 5.36. The molecule has 2 rings (SSSR count). The molecule has 1 aromatic carbocycles. The summed E-state index contributed by atoms with van der Waals surface area (Å²) in [6.45, 7) is 1.85. The van der Waals surface area contributed by atoms with Gasteiger partial charge in [0.05, 0.1) is 0 Å². The molecule has 2 N–H and O–H groups in total. The number of amides is 1. The van der Waals surface area contributed by atoms with Gasteiger partial charge in [0.2, 0.25) is 18.2 Å². The minimum Gasteiger partial charge on any atom is -0.481 e. The molecule has 1 aromatic heterocycles. The van der Waals surface area contributed by atoms with Crippen molar-refractivity contribution in [3.05, 3.63) is 30.2 Å². The number of nitrogens with zero attached hydrogens (tertiary/aromatic N) is 2. The third-order valence-corrected chi connectivity index (χ3v) is 2.90. The lowest BCUT2D eigenvalue weighted by Gasteiger charge is -2.09. The van der Waals surface area contributed by atoms with Crippen molar-refractivity contribution in [2.24, 2.45) is 0 Å². The smallest absolute Gasteiger partial charge is 0.303 e. The number of nitrogens with one attached hydrogen (secondary N) is 1. The van der Waals surface area contributed by atoms with Crippen LogP contribution < -0.4 is 5.32 Å². The van der Waals surface area contributed by atoms with Crippen LogP contribution in [0.3, 0.4) is 0 Å². The van der Waals surface area contributed by atoms with Gasteiger partial charge in [-0.15, -0.1) is 10.2 Å². The van der Waals surface area contributed by atoms with E-state index in [2.05, 4.69) is 15.5 Å². The molecule has 1 heterocycles. The van der Waals surface area contributed by atoms with E-state index >= 15 is 0 Å². The van der Waals surface area contributed by atoms with Gasteiger partial charge in [-0.2, -0.15) is 0 Å². The maximum atomic E-state index is 11.7. The topological polar surface area (TPSA) is 105 Å². The van der Waals surface area contributed by atoms with Crippen molar-refractivity contribution in [3.8, 4) is 11.5 Å². The molecule has 0 aliphatic rings. The predicted molar refractivity (Wildman–Crippen MR) is 74.6 cm³/mol. The van der Waals surface area contributed by atoms with E-state index < -0.39 is 5.97 Å². The van der Waals surface area contributed by atoms with Crippen molar-refractivity contribution in [1.82, 2.24) is 10.2 Å². The van der Waals surface area contributed by atoms with Crippen LogP contribution >= 0.6 is 0 Å². The minimum absolute atomic E-state index is 0.0114. The van der Waals surface area contributed by atoms with Crippen LogP contribution in [0.2, 0.25) is 0 Å². The summed E-state index contributed by atoms with van der Waals surface area (Å²) in [6.07, 6.45) is 1.74. The summed E-state index contributed by atoms with van der Waals surface area (Å²) in [4.78, 5) is 22.1. The molecule has 21 heavy (non-hydrogen) atoms. The number of carbonyl (C=O) groups excluding carboxylic acids is 1. The Kier molecular flexibility index (Phi) is 4.65. The summed E-state index contributed by atoms with van der Waals surface area (Å²) in [7, 11) is 0. The van der Waals surface area contributed by atoms with Gasteiger partial charge in [0.1, 0.15) is 0 Å². The van der Waals surface area contributed by atoms with E-state index in [4.69, 9.17) is 9.52 Å². The summed E-state index contributed by atoms with van der Waals surface area (Å²) in [5.74, 6) is -0.690. The molecule has 0 aliphatic heterocycles. The summed E-state index contributed by atoms with van der Waals surface area (Å²) < 4.78 is 5.11. The number of aryl methyl sites for hydroxylation is 1. The number of hydrogen-bond donors (Lipinski definition) is 2. The fraction of sp³-hybridized carbons (Fsp3) is 0.286. The molecule has 110 valence electrons. The monoisotopic (exact) mass is 289 g/mol. The zero-order valence-electron chi connectivity index (χ0n) is 11.5. The van der Waals surface area contributed by atoms with Crippen molar-refractivity contribution in [1.29, 1.82) is 0 Å². The zero-order chi connectivity index (χ0) is 15.2. The van der Waals surface area contributed by atoms with E-state index in [-0.39, 0.29) is 18.7 Å². The van der Waals surface area contributed by atoms with Gasteiger partial charge in [0.25, 0.3) is 0 Å². The number of carboxylic acids is 1. The van der Waals surface area contributed by atoms with Crippen LogP contribution in [0.15, 0.2) is 29.0 Å². The van der Waals surface area contributed by atoms with Gasteiger partial charge in [0.15, 0.2) is 0 Å². The lowest BCUT2D eigenvalue weighted by molar-refractivity contribution is -0.137. The second-order valence-electron chi connectivity index (χ2n) is 4.57. The van der Waals surface area contributed by atoms with E-state index in [1.807, 2.05) is 13.0 Å². The Balaban J connectivity index is 1.98. The van der Waals surface area contributed by atoms with Gasteiger partial charge >= 0.3 is 5.97 Å². The summed E-state index contributed by atoms with van der Waals surface area (Å²) in [5.41, 5.74) is 2.31. The van der Waals surface area contributed by atoms with Crippen LogP contribution in [0, 0.1) is 6.92 Å². The average Bonchev–Trinajstić information content (AvgIpc) is 2.94. The molecule has 0 fully saturated rings. The molecule has 0 atom stereocenters. The number of hydrogen-bond acceptors (Lipinski definition) is 5. The second kappa shape index (κ2) is 6.65. The van der Waals surface area contributed by atoms with Crippen molar-refractivity contribution < 1.29 is 19.1 Å². The van der Waals surface area contributed by atoms with E-state index in [1.165, 1.54) is 6.39 Å². The van der Waals surface area contributed by atoms with Crippen LogP contribution in [0.1, 0.15) is 24.8 Å². The molecule has 0 radical (unpaired) electrons. The summed E-state index contributed by atoms with van der Waals surface area (Å²) in [5, 5.41) is 18.7. The normalized spacial score (nSPS) is 10.3. The van der Waals surface area contributed by atoms with Gasteiger partial charge in [0, 0.05) is 24.1 Å². The van der Waals surface area contributed by atoms with E-state index in [9.17, 15) is 9.59 Å². The van der Waals surface area contributed by atoms with Crippen molar-refractivity contribution in [2.45, 2.75) is 26.2 Å². The minimum atomic E-state index is -0.900. The number of aromatic nitrogens is 2. The maximum absolute atomic E-state index is 11.7. The van der Waals surface area contributed by atoms with Gasteiger partial charge in [-0.3, -0.25) is 9.59 Å². The van der Waals surface area contributed by atoms with Crippen molar-refractivity contribution in [3.63, 3.8) is 0 Å². The lowest BCUT2D eigenvalue weighted by Crippen LogP contribution is -2.12. The Hall–Kier alpha value is -2.70. The Morgan fingerprint density at radius 2 is 2.14 bits per heavy atom. The molecule has 0 saturated heterocycles. The third-order valence-electron chi connectivity index (χ3n) is 2.90. The van der Waals surface area contributed by atoms with Gasteiger partial charge in [-0.1, -0.05) is 0 Å². The maximum Gasteiger partial charge on any atom is 0.303 e. The molecule has 0 aliphatic carbocycles. The number of carbonyl (C=O) groups is 2. The quantitative estimate of drug-likeness (QED) is 0.844. The molecular weight excluding hydrogens is 274 g/mol. The summed E-state index contributed by atoms with van der Waals surface area (Å²) >= 11 is 0. The molecule has 0 spiro atoms. The average molecular weight is 289 g/mol. The van der Waals surface area contributed by atoms with Crippen LogP contribution in [0.5, 0.6) is 0 Å². The molecule has 2 aromatic rings. The SMILES string of the molecule is Cc1cc(-c2nnco2)ccc1NC(=O)CCCC(=O)O. The number of rotatable bonds is 6. The highest BCUT2D eigenvalue weighted by atomic mass is 16.4. The Morgan fingerprint density at radius 1 is 1.33 bits per heavy atom. The third kappa shape index (κ3) is 4.13. The number of aliphatic carboxylic acids is 1. The van der Waals surface area contributed by atoms with Gasteiger partial charge in [-0.05, 0) is 37.1 Å². The Morgan fingerprint density at radius 3 is 2.76 bits per heavy atom. The molecule has 0 unspecified atom stereocenters. The molecule has 0 bridgehead atoms. The highest BCUT2D eigenvalue weighted by Gasteiger charge is 2.09. The number of carboxylic acid groups (broad SMARTS) is 1. The molecule has 1 amide bonds. The van der Waals surface area contributed by atoms with Crippen LogP contribution in [0.4, 0.5) is 5.69 Å². The van der Waals surface area contributed by atoms with E-state index in [0.717, 1.165) is 11.1 Å². The molecule has 7 nitrogen and oxygen atoms in total. The Bertz CT molecular complexity index is 638. The first-order chi connectivity index (χ1) is 10.1. The fourth-order valence-corrected chi connectivity index (χ4v) is 1.85. The first-order valence-corrected chi connectivity index (χ1v) is 6.45. The van der Waals surface area contributed by atoms with Crippen LogP contribution in [0.25, 0.3) is 11.5 Å². The first kappa shape index (κ1) is 14.7. The standard InChI is InChI=1S/C14H15N3O4/c1-9-7-10(14-17-15-8-21-14)5-6-11(9)16-12(18)3-2-4-13(19)20/h5-8H,2-4H2,1H3,(H,16,18)(H,19,20). The second-order valence-corrected chi connectivity index (χ2v) is 4.57. The van der Waals surface area contributed by atoms with E-state index in [1.54, 1.807) is 12.1 Å². The Labute approximate surface area is 121 Å². The molecule has 0 saturated carbocycles. The van der Waals surface area contributed by atoms with Gasteiger partial charge in [-0.25, -0.2) is 0 Å². The number of anilines is 1. The van der Waals surface area contributed by atoms with Crippen LogP contribution in [-0.2, 0) is 9.59 Å².